The van der Waals surface area contributed by atoms with E-state index < -0.39 is 46.8 Å². The number of nitrogens with zero attached hydrogens (tertiary/aromatic N) is 2. The van der Waals surface area contributed by atoms with Crippen molar-refractivity contribution >= 4 is 58.6 Å². The largest absolute Gasteiger partial charge is 0.465 e. The number of fused-ring (bicyclic) bond motifs is 1. The minimum absolute atomic E-state index is 0.0175. The molecular formula is C36H42Cl2FN5O6. The van der Waals surface area contributed by atoms with Gasteiger partial charge in [-0.15, -0.1) is 0 Å². The number of hydrogen-bond donors (Lipinski definition) is 4. The first-order valence-electron chi connectivity index (χ1n) is 17.0. The minimum atomic E-state index is -1.14. The molecule has 5 aliphatic rings. The predicted molar refractivity (Wildman–Crippen MR) is 185 cm³/mol. The Morgan fingerprint density at radius 1 is 0.980 bits per heavy atom. The molecule has 4 fully saturated rings. The summed E-state index contributed by atoms with van der Waals surface area (Å²) < 4.78 is 15.0. The van der Waals surface area contributed by atoms with Gasteiger partial charge in [0.05, 0.1) is 15.7 Å². The van der Waals surface area contributed by atoms with Gasteiger partial charge in [0.15, 0.2) is 5.82 Å². The third-order valence-corrected chi connectivity index (χ3v) is 11.7. The fourth-order valence-electron chi connectivity index (χ4n) is 8.57. The Morgan fingerprint density at radius 2 is 1.66 bits per heavy atom. The van der Waals surface area contributed by atoms with Gasteiger partial charge in [-0.2, -0.15) is 0 Å². The fourth-order valence-corrected chi connectivity index (χ4v) is 8.88. The molecule has 3 saturated carbocycles. The molecule has 0 aromatic heterocycles. The van der Waals surface area contributed by atoms with E-state index >= 15 is 0 Å². The maximum Gasteiger partial charge on any atom is 0.405 e. The van der Waals surface area contributed by atoms with Crippen LogP contribution in [0, 0.1) is 11.2 Å². The van der Waals surface area contributed by atoms with Gasteiger partial charge in [-0.25, -0.2) is 9.18 Å². The molecule has 2 aliphatic heterocycles. The van der Waals surface area contributed by atoms with E-state index in [1.54, 1.807) is 0 Å². The number of benzene rings is 2. The lowest BCUT2D eigenvalue weighted by Crippen LogP contribution is -2.75. The van der Waals surface area contributed by atoms with E-state index in [0.717, 1.165) is 30.4 Å². The topological polar surface area (TPSA) is 148 Å². The lowest BCUT2D eigenvalue weighted by atomic mass is 9.38. The van der Waals surface area contributed by atoms with Crippen molar-refractivity contribution in [2.45, 2.75) is 108 Å². The van der Waals surface area contributed by atoms with Gasteiger partial charge in [0.2, 0.25) is 23.6 Å². The molecule has 4 N–H and O–H groups in total. The molecule has 268 valence electrons. The van der Waals surface area contributed by atoms with E-state index in [1.165, 1.54) is 17.0 Å². The van der Waals surface area contributed by atoms with Gasteiger partial charge >= 0.3 is 6.09 Å². The number of carbonyl (C=O) groups is 5. The van der Waals surface area contributed by atoms with Crippen molar-refractivity contribution in [3.63, 3.8) is 0 Å². The van der Waals surface area contributed by atoms with E-state index in [1.807, 2.05) is 43.0 Å². The Hall–Kier alpha value is -3.90. The van der Waals surface area contributed by atoms with Crippen LogP contribution in [-0.4, -0.2) is 74.3 Å². The molecule has 14 heteroatoms. The van der Waals surface area contributed by atoms with Crippen molar-refractivity contribution in [3.8, 4) is 0 Å². The van der Waals surface area contributed by atoms with Crippen LogP contribution in [0.25, 0.3) is 0 Å². The number of piperidine rings is 1. The Kier molecular flexibility index (Phi) is 9.82. The molecule has 50 heavy (non-hydrogen) atoms. The summed E-state index contributed by atoms with van der Waals surface area (Å²) in [6.07, 6.45) is 3.54. The molecular weight excluding hydrogens is 688 g/mol. The van der Waals surface area contributed by atoms with Gasteiger partial charge in [0.25, 0.3) is 0 Å². The van der Waals surface area contributed by atoms with Crippen molar-refractivity contribution in [3.05, 3.63) is 63.4 Å². The zero-order valence-corrected chi connectivity index (χ0v) is 29.6. The van der Waals surface area contributed by atoms with Gasteiger partial charge < -0.3 is 30.9 Å². The van der Waals surface area contributed by atoms with E-state index in [4.69, 9.17) is 23.2 Å². The predicted octanol–water partition coefficient (Wildman–Crippen LogP) is 5.66. The van der Waals surface area contributed by atoms with Crippen molar-refractivity contribution in [2.75, 3.05) is 11.9 Å². The second-order valence-corrected chi connectivity index (χ2v) is 15.8. The van der Waals surface area contributed by atoms with E-state index in [-0.39, 0.29) is 65.3 Å². The molecule has 2 unspecified atom stereocenters. The average Bonchev–Trinajstić information content (AvgIpc) is 3.04. The maximum atomic E-state index is 15.0. The monoisotopic (exact) mass is 729 g/mol. The Balaban J connectivity index is 1.20. The number of anilines is 1. The van der Waals surface area contributed by atoms with Crippen LogP contribution in [0.1, 0.15) is 82.8 Å². The standard InChI is InChI=1S/C36H42Cl2FN5O6/c1-34(2)13-5-6-14-44(34)28(46)12-11-27(45)43-17-22-8-4-3-7-21(22)15-26(43)32(48)41-25(16-35-18-36(19-35,20-35)42-33(49)50)31(47)40-24-10-9-23(37)29(38)30(24)39/h3-4,7-10,25-26,42H,5-6,11-20H2,1-2H3,(H,40,47)(H,41,48)(H,49,50). The number of halogens is 3. The van der Waals surface area contributed by atoms with E-state index in [2.05, 4.69) is 16.0 Å². The quantitative estimate of drug-likeness (QED) is 0.232. The normalized spacial score (nSPS) is 25.3. The molecule has 11 nitrogen and oxygen atoms in total. The zero-order valence-electron chi connectivity index (χ0n) is 28.1. The highest BCUT2D eigenvalue weighted by Gasteiger charge is 2.69. The highest BCUT2D eigenvalue weighted by molar-refractivity contribution is 6.42. The van der Waals surface area contributed by atoms with Crippen LogP contribution in [0.15, 0.2) is 36.4 Å². The second kappa shape index (κ2) is 13.7. The Morgan fingerprint density at radius 3 is 2.34 bits per heavy atom. The van der Waals surface area contributed by atoms with Crippen molar-refractivity contribution < 1.29 is 33.5 Å². The van der Waals surface area contributed by atoms with Crippen LogP contribution in [0.4, 0.5) is 14.9 Å². The summed E-state index contributed by atoms with van der Waals surface area (Å²) in [4.78, 5) is 69.6. The molecule has 1 saturated heterocycles. The first-order valence-corrected chi connectivity index (χ1v) is 17.8. The molecule has 2 aromatic carbocycles. The molecule has 3 aliphatic carbocycles. The summed E-state index contributed by atoms with van der Waals surface area (Å²) in [5, 5.41) is 16.8. The van der Waals surface area contributed by atoms with Crippen molar-refractivity contribution in [1.29, 1.82) is 0 Å². The summed E-state index contributed by atoms with van der Waals surface area (Å²) in [6.45, 7) is 4.87. The molecule has 2 aromatic rings. The Bertz CT molecular complexity index is 1720. The maximum absolute atomic E-state index is 15.0. The third-order valence-electron chi connectivity index (χ3n) is 11.0. The van der Waals surface area contributed by atoms with Crippen LogP contribution < -0.4 is 16.0 Å². The van der Waals surface area contributed by atoms with Crippen molar-refractivity contribution in [2.24, 2.45) is 5.41 Å². The molecule has 2 heterocycles. The smallest absolute Gasteiger partial charge is 0.405 e. The fraction of sp³-hybridized carbons (Fsp3) is 0.528. The average molecular weight is 731 g/mol. The summed E-state index contributed by atoms with van der Waals surface area (Å²) in [6, 6.07) is 8.03. The summed E-state index contributed by atoms with van der Waals surface area (Å²) >= 11 is 11.9. The van der Waals surface area contributed by atoms with Crippen LogP contribution in [-0.2, 0) is 32.1 Å². The highest BCUT2D eigenvalue weighted by Crippen LogP contribution is 2.69. The highest BCUT2D eigenvalue weighted by atomic mass is 35.5. The van der Waals surface area contributed by atoms with Gasteiger partial charge in [-0.05, 0) is 87.5 Å². The molecule has 7 rings (SSSR count). The van der Waals surface area contributed by atoms with Crippen LogP contribution in [0.5, 0.6) is 0 Å². The number of rotatable bonds is 10. The first-order chi connectivity index (χ1) is 23.6. The van der Waals surface area contributed by atoms with Crippen LogP contribution >= 0.6 is 23.2 Å². The number of carbonyl (C=O) groups excluding carboxylic acids is 4. The number of amides is 5. The Labute approximate surface area is 300 Å². The summed E-state index contributed by atoms with van der Waals surface area (Å²) in [7, 11) is 0. The lowest BCUT2D eigenvalue weighted by Gasteiger charge is -2.71. The molecule has 2 bridgehead atoms. The summed E-state index contributed by atoms with van der Waals surface area (Å²) in [5.74, 6) is -2.61. The number of nitrogens with one attached hydrogen (secondary N) is 3. The van der Waals surface area contributed by atoms with E-state index in [9.17, 15) is 33.5 Å². The van der Waals surface area contributed by atoms with Crippen LogP contribution in [0.2, 0.25) is 10.0 Å². The third kappa shape index (κ3) is 7.14. The number of likely N-dealkylation sites (tertiary alicyclic amines) is 1. The second-order valence-electron chi connectivity index (χ2n) is 15.0. The molecule has 2 atom stereocenters. The number of hydrogen-bond acceptors (Lipinski definition) is 5. The number of carboxylic acid groups (broad SMARTS) is 1. The molecule has 5 amide bonds. The first kappa shape index (κ1) is 35.9. The minimum Gasteiger partial charge on any atom is -0.465 e. The van der Waals surface area contributed by atoms with Gasteiger partial charge in [-0.1, -0.05) is 47.5 Å². The lowest BCUT2D eigenvalue weighted by molar-refractivity contribution is -0.162. The van der Waals surface area contributed by atoms with Gasteiger partial charge in [-0.3, -0.25) is 19.2 Å². The molecule has 0 radical (unpaired) electrons. The van der Waals surface area contributed by atoms with Crippen molar-refractivity contribution in [1.82, 2.24) is 20.4 Å². The van der Waals surface area contributed by atoms with Crippen LogP contribution in [0.3, 0.4) is 0 Å². The zero-order chi connectivity index (χ0) is 36.0. The molecule has 0 spiro atoms. The summed E-state index contributed by atoms with van der Waals surface area (Å²) in [5.41, 5.74) is 0.334. The SMILES string of the molecule is CC1(C)CCCCN1C(=O)CCC(=O)N1Cc2ccccc2CC1C(=O)NC(CC12CC(NC(=O)O)(C1)C2)C(=O)Nc1ccc(Cl)c(Cl)c1F. The van der Waals surface area contributed by atoms with Gasteiger partial charge in [0, 0.05) is 43.4 Å². The van der Waals surface area contributed by atoms with Gasteiger partial charge in [0.1, 0.15) is 12.1 Å². The van der Waals surface area contributed by atoms with E-state index in [0.29, 0.717) is 25.8 Å².